The molecule has 1 aliphatic heterocycles. The van der Waals surface area contributed by atoms with Gasteiger partial charge >= 0.3 is 12.0 Å². The second-order valence-electron chi connectivity index (χ2n) is 5.77. The van der Waals surface area contributed by atoms with Crippen molar-refractivity contribution in [3.8, 4) is 0 Å². The van der Waals surface area contributed by atoms with E-state index < -0.39 is 18.1 Å². The van der Waals surface area contributed by atoms with Crippen molar-refractivity contribution in [3.63, 3.8) is 0 Å². The Morgan fingerprint density at radius 3 is 2.42 bits per heavy atom. The highest BCUT2D eigenvalue weighted by Gasteiger charge is 2.40. The van der Waals surface area contributed by atoms with Gasteiger partial charge in [0.25, 0.3) is 0 Å². The minimum atomic E-state index is -1.06. The molecule has 1 heterocycles. The molecule has 0 aromatic heterocycles. The van der Waals surface area contributed by atoms with E-state index in [0.29, 0.717) is 5.92 Å². The number of urea groups is 1. The van der Waals surface area contributed by atoms with E-state index in [0.717, 1.165) is 6.42 Å². The molecule has 6 nitrogen and oxygen atoms in total. The summed E-state index contributed by atoms with van der Waals surface area (Å²) in [7, 11) is 1.68. The molecule has 0 spiro atoms. The average molecular weight is 272 g/mol. The summed E-state index contributed by atoms with van der Waals surface area (Å²) in [6.07, 6.45) is 0.211. The molecular formula is C13H24N2O4. The molecule has 6 heteroatoms. The number of carbonyl (C=O) groups is 2. The predicted octanol–water partition coefficient (Wildman–Crippen LogP) is 0.993. The average Bonchev–Trinajstić information content (AvgIpc) is 2.68. The molecule has 1 aliphatic rings. The fraction of sp³-hybridized carbons (Fsp3) is 0.846. The molecule has 110 valence electrons. The lowest BCUT2D eigenvalue weighted by Gasteiger charge is -2.32. The van der Waals surface area contributed by atoms with E-state index in [1.54, 1.807) is 11.9 Å². The molecule has 1 fully saturated rings. The topological polar surface area (TPSA) is 81.1 Å². The largest absolute Gasteiger partial charge is 0.480 e. The Bertz CT molecular complexity index is 346. The number of carbonyl (C=O) groups excluding carboxylic acids is 1. The van der Waals surface area contributed by atoms with Crippen LogP contribution in [0.1, 0.15) is 33.6 Å². The molecule has 0 aliphatic carbocycles. The van der Waals surface area contributed by atoms with Crippen molar-refractivity contribution in [2.24, 2.45) is 5.92 Å². The third kappa shape index (κ3) is 3.83. The molecule has 0 aromatic rings. The van der Waals surface area contributed by atoms with Gasteiger partial charge in [-0.05, 0) is 19.3 Å². The van der Waals surface area contributed by atoms with Gasteiger partial charge in [-0.1, -0.05) is 13.8 Å². The number of β-amino-alcohol motifs (C(OH)–C–C–N with tert-alkyl or cyclic N) is 1. The van der Waals surface area contributed by atoms with Crippen LogP contribution in [-0.2, 0) is 4.79 Å². The second-order valence-corrected chi connectivity index (χ2v) is 5.77. The maximum absolute atomic E-state index is 12.3. The Balaban J connectivity index is 2.72. The highest BCUT2D eigenvalue weighted by molar-refractivity contribution is 5.83. The zero-order valence-corrected chi connectivity index (χ0v) is 12.0. The molecule has 2 N–H and O–H groups in total. The standard InChI is InChI=1S/C13H24N2O4/c1-8(2)5-9(3)14(4)13(19)15-7-10(16)6-11(15)12(17)18/h8-11,16H,5-7H2,1-4H3,(H,17,18)/t9?,10-,11-/m1/s1. The lowest BCUT2D eigenvalue weighted by Crippen LogP contribution is -2.49. The van der Waals surface area contributed by atoms with E-state index in [4.69, 9.17) is 5.11 Å². The number of aliphatic carboxylic acids is 1. The summed E-state index contributed by atoms with van der Waals surface area (Å²) in [6.45, 7) is 6.19. The van der Waals surface area contributed by atoms with E-state index >= 15 is 0 Å². The summed E-state index contributed by atoms with van der Waals surface area (Å²) in [5.41, 5.74) is 0. The van der Waals surface area contributed by atoms with Crippen LogP contribution in [0, 0.1) is 5.92 Å². The smallest absolute Gasteiger partial charge is 0.326 e. The summed E-state index contributed by atoms with van der Waals surface area (Å²) in [4.78, 5) is 26.2. The van der Waals surface area contributed by atoms with Crippen LogP contribution >= 0.6 is 0 Å². The Morgan fingerprint density at radius 2 is 1.95 bits per heavy atom. The van der Waals surface area contributed by atoms with E-state index in [2.05, 4.69) is 13.8 Å². The molecular weight excluding hydrogens is 248 g/mol. The van der Waals surface area contributed by atoms with Gasteiger partial charge in [0.15, 0.2) is 0 Å². The Morgan fingerprint density at radius 1 is 1.37 bits per heavy atom. The van der Waals surface area contributed by atoms with Crippen molar-refractivity contribution in [2.45, 2.75) is 51.8 Å². The molecule has 19 heavy (non-hydrogen) atoms. The first kappa shape index (κ1) is 15.8. The van der Waals surface area contributed by atoms with Crippen molar-refractivity contribution in [1.82, 2.24) is 9.80 Å². The summed E-state index contributed by atoms with van der Waals surface area (Å²) in [6, 6.07) is -1.20. The van der Waals surface area contributed by atoms with Crippen molar-refractivity contribution in [3.05, 3.63) is 0 Å². The maximum atomic E-state index is 12.3. The van der Waals surface area contributed by atoms with Crippen molar-refractivity contribution in [2.75, 3.05) is 13.6 Å². The molecule has 0 aromatic carbocycles. The van der Waals surface area contributed by atoms with Crippen LogP contribution in [-0.4, -0.2) is 63.8 Å². The lowest BCUT2D eigenvalue weighted by molar-refractivity contribution is -0.141. The second kappa shape index (κ2) is 6.23. The number of carboxylic acid groups (broad SMARTS) is 1. The first-order valence-electron chi connectivity index (χ1n) is 6.68. The number of nitrogens with zero attached hydrogens (tertiary/aromatic N) is 2. The van der Waals surface area contributed by atoms with Crippen LogP contribution in [0.2, 0.25) is 0 Å². The number of hydrogen-bond acceptors (Lipinski definition) is 3. The minimum Gasteiger partial charge on any atom is -0.480 e. The molecule has 0 radical (unpaired) electrons. The number of carboxylic acids is 1. The number of hydrogen-bond donors (Lipinski definition) is 2. The van der Waals surface area contributed by atoms with Gasteiger partial charge in [-0.2, -0.15) is 0 Å². The van der Waals surface area contributed by atoms with Crippen molar-refractivity contribution < 1.29 is 19.8 Å². The fourth-order valence-electron chi connectivity index (χ4n) is 2.49. The zero-order valence-electron chi connectivity index (χ0n) is 12.0. The predicted molar refractivity (Wildman–Crippen MR) is 70.8 cm³/mol. The van der Waals surface area contributed by atoms with Crippen molar-refractivity contribution in [1.29, 1.82) is 0 Å². The third-order valence-corrected chi connectivity index (χ3v) is 3.59. The zero-order chi connectivity index (χ0) is 14.7. The van der Waals surface area contributed by atoms with Crippen LogP contribution in [0.5, 0.6) is 0 Å². The van der Waals surface area contributed by atoms with Gasteiger partial charge in [-0.15, -0.1) is 0 Å². The van der Waals surface area contributed by atoms with Crippen LogP contribution in [0.3, 0.4) is 0 Å². The van der Waals surface area contributed by atoms with E-state index in [-0.39, 0.29) is 25.0 Å². The number of aliphatic hydroxyl groups excluding tert-OH is 1. The van der Waals surface area contributed by atoms with Crippen LogP contribution in [0.4, 0.5) is 4.79 Å². The van der Waals surface area contributed by atoms with Crippen LogP contribution in [0.15, 0.2) is 0 Å². The summed E-state index contributed by atoms with van der Waals surface area (Å²) in [5.74, 6) is -0.598. The number of rotatable bonds is 4. The first-order valence-corrected chi connectivity index (χ1v) is 6.68. The number of amides is 2. The molecule has 1 saturated heterocycles. The van der Waals surface area contributed by atoms with Gasteiger partial charge in [-0.25, -0.2) is 9.59 Å². The first-order chi connectivity index (χ1) is 8.73. The minimum absolute atomic E-state index is 0.0414. The summed E-state index contributed by atoms with van der Waals surface area (Å²) >= 11 is 0. The van der Waals surface area contributed by atoms with Gasteiger partial charge in [0.2, 0.25) is 0 Å². The molecule has 2 amide bonds. The highest BCUT2D eigenvalue weighted by atomic mass is 16.4. The van der Waals surface area contributed by atoms with Gasteiger partial charge in [-0.3, -0.25) is 0 Å². The Labute approximate surface area is 114 Å². The Kier molecular flexibility index (Phi) is 5.17. The van der Waals surface area contributed by atoms with E-state index in [1.165, 1.54) is 4.90 Å². The Hall–Kier alpha value is -1.30. The van der Waals surface area contributed by atoms with E-state index in [1.807, 2.05) is 6.92 Å². The number of likely N-dealkylation sites (tertiary alicyclic amines) is 1. The van der Waals surface area contributed by atoms with E-state index in [9.17, 15) is 14.7 Å². The van der Waals surface area contributed by atoms with Gasteiger partial charge in [0.1, 0.15) is 6.04 Å². The molecule has 0 saturated carbocycles. The van der Waals surface area contributed by atoms with Gasteiger partial charge < -0.3 is 20.0 Å². The summed E-state index contributed by atoms with van der Waals surface area (Å²) < 4.78 is 0. The summed E-state index contributed by atoms with van der Waals surface area (Å²) in [5, 5.41) is 18.7. The van der Waals surface area contributed by atoms with Crippen LogP contribution in [0.25, 0.3) is 0 Å². The molecule has 3 atom stereocenters. The monoisotopic (exact) mass is 272 g/mol. The normalized spacial score (nSPS) is 24.6. The number of aliphatic hydroxyl groups is 1. The maximum Gasteiger partial charge on any atom is 0.326 e. The quantitative estimate of drug-likeness (QED) is 0.799. The van der Waals surface area contributed by atoms with Gasteiger partial charge in [0, 0.05) is 26.1 Å². The SMILES string of the molecule is CC(C)CC(C)N(C)C(=O)N1C[C@H](O)C[C@@H]1C(=O)O. The third-order valence-electron chi connectivity index (χ3n) is 3.59. The van der Waals surface area contributed by atoms with Crippen molar-refractivity contribution >= 4 is 12.0 Å². The fourth-order valence-corrected chi connectivity index (χ4v) is 2.49. The molecule has 1 unspecified atom stereocenters. The van der Waals surface area contributed by atoms with Crippen LogP contribution < -0.4 is 0 Å². The van der Waals surface area contributed by atoms with Gasteiger partial charge in [0.05, 0.1) is 6.10 Å². The molecule has 0 bridgehead atoms. The lowest BCUT2D eigenvalue weighted by atomic mass is 10.0. The highest BCUT2D eigenvalue weighted by Crippen LogP contribution is 2.21. The molecule has 1 rings (SSSR count).